The van der Waals surface area contributed by atoms with Crippen molar-refractivity contribution < 1.29 is 4.74 Å². The average Bonchev–Trinajstić information content (AvgIpc) is 2.73. The maximum absolute atomic E-state index is 6.05. The van der Waals surface area contributed by atoms with E-state index in [1.54, 1.807) is 0 Å². The van der Waals surface area contributed by atoms with Gasteiger partial charge in [0.05, 0.1) is 5.60 Å². The Labute approximate surface area is 118 Å². The number of ether oxygens (including phenoxy) is 1. The fourth-order valence-electron chi connectivity index (χ4n) is 2.63. The van der Waals surface area contributed by atoms with E-state index in [9.17, 15) is 0 Å². The van der Waals surface area contributed by atoms with Gasteiger partial charge in [0.2, 0.25) is 0 Å². The number of rotatable bonds is 5. The molecule has 2 aliphatic rings. The second-order valence-electron chi connectivity index (χ2n) is 5.44. The van der Waals surface area contributed by atoms with E-state index in [0.29, 0.717) is 0 Å². The summed E-state index contributed by atoms with van der Waals surface area (Å²) in [7, 11) is 0. The topological polar surface area (TPSA) is 21.6 Å². The maximum atomic E-state index is 6.05. The van der Waals surface area contributed by atoms with Gasteiger partial charge in [0.1, 0.15) is 3.55 Å². The Bertz CT molecular complexity index is 307. The van der Waals surface area contributed by atoms with Crippen molar-refractivity contribution in [2.45, 2.75) is 61.0 Å². The SMILES string of the molecule is CC1(OCCCC2(I)CC=CC=N2)CCCC1. The molecule has 2 rings (SSSR count). The highest BCUT2D eigenvalue weighted by Gasteiger charge is 2.30. The minimum absolute atomic E-state index is 0.0897. The van der Waals surface area contributed by atoms with Crippen LogP contribution in [0.2, 0.25) is 0 Å². The van der Waals surface area contributed by atoms with Crippen LogP contribution in [0.4, 0.5) is 0 Å². The quantitative estimate of drug-likeness (QED) is 0.315. The Morgan fingerprint density at radius 2 is 2.12 bits per heavy atom. The predicted octanol–water partition coefficient (Wildman–Crippen LogP) is 4.28. The maximum Gasteiger partial charge on any atom is 0.115 e. The van der Waals surface area contributed by atoms with E-state index in [1.807, 2.05) is 12.3 Å². The van der Waals surface area contributed by atoms with Gasteiger partial charge in [-0.2, -0.15) is 0 Å². The lowest BCUT2D eigenvalue weighted by atomic mass is 10.0. The van der Waals surface area contributed by atoms with E-state index in [4.69, 9.17) is 4.74 Å². The van der Waals surface area contributed by atoms with E-state index < -0.39 is 0 Å². The fraction of sp³-hybridized carbons (Fsp3) is 0.786. The first-order valence-electron chi connectivity index (χ1n) is 6.65. The van der Waals surface area contributed by atoms with Crippen molar-refractivity contribution in [3.8, 4) is 0 Å². The van der Waals surface area contributed by atoms with Crippen LogP contribution in [0.25, 0.3) is 0 Å². The second-order valence-corrected chi connectivity index (χ2v) is 7.45. The Morgan fingerprint density at radius 1 is 1.35 bits per heavy atom. The molecule has 0 bridgehead atoms. The molecule has 0 saturated heterocycles. The molecule has 0 spiro atoms. The van der Waals surface area contributed by atoms with Gasteiger partial charge in [-0.1, -0.05) is 41.5 Å². The highest BCUT2D eigenvalue weighted by Crippen LogP contribution is 2.35. The summed E-state index contributed by atoms with van der Waals surface area (Å²) in [5.41, 5.74) is 0.175. The zero-order valence-electron chi connectivity index (χ0n) is 10.6. The van der Waals surface area contributed by atoms with Crippen LogP contribution in [0.5, 0.6) is 0 Å². The molecular formula is C14H22INO. The van der Waals surface area contributed by atoms with E-state index in [0.717, 1.165) is 25.9 Å². The summed E-state index contributed by atoms with van der Waals surface area (Å²) in [6, 6.07) is 0. The standard InChI is InChI=1S/C14H22INO/c1-13(7-2-3-8-13)17-12-6-10-14(15)9-4-5-11-16-14/h4-5,11H,2-3,6-10,12H2,1H3. The van der Waals surface area contributed by atoms with E-state index in [-0.39, 0.29) is 9.15 Å². The van der Waals surface area contributed by atoms with Gasteiger partial charge in [-0.25, -0.2) is 0 Å². The minimum atomic E-state index is 0.0897. The molecule has 1 fully saturated rings. The van der Waals surface area contributed by atoms with Gasteiger partial charge in [0.15, 0.2) is 0 Å². The average molecular weight is 347 g/mol. The summed E-state index contributed by atoms with van der Waals surface area (Å²) in [4.78, 5) is 4.57. The van der Waals surface area contributed by atoms with Crippen LogP contribution in [-0.2, 0) is 4.74 Å². The summed E-state index contributed by atoms with van der Waals surface area (Å²) in [6.07, 6.45) is 14.6. The molecule has 0 aromatic carbocycles. The summed E-state index contributed by atoms with van der Waals surface area (Å²) < 4.78 is 6.14. The number of halogens is 1. The second kappa shape index (κ2) is 5.83. The molecule has 1 aliphatic heterocycles. The van der Waals surface area contributed by atoms with Gasteiger partial charge < -0.3 is 4.74 Å². The molecule has 2 nitrogen and oxygen atoms in total. The minimum Gasteiger partial charge on any atom is -0.375 e. The van der Waals surface area contributed by atoms with Gasteiger partial charge in [0.25, 0.3) is 0 Å². The third kappa shape index (κ3) is 4.05. The summed E-state index contributed by atoms with van der Waals surface area (Å²) in [6.45, 7) is 3.15. The Kier molecular flexibility index (Phi) is 4.64. The fourth-order valence-corrected chi connectivity index (χ4v) is 3.43. The van der Waals surface area contributed by atoms with Gasteiger partial charge in [-0.05, 0) is 38.7 Å². The molecular weight excluding hydrogens is 325 g/mol. The lowest BCUT2D eigenvalue weighted by molar-refractivity contribution is -0.0281. The number of dihydropyridines is 1. The zero-order valence-corrected chi connectivity index (χ0v) is 12.8. The van der Waals surface area contributed by atoms with E-state index >= 15 is 0 Å². The summed E-state index contributed by atoms with van der Waals surface area (Å²) in [5.74, 6) is 0. The monoisotopic (exact) mass is 347 g/mol. The van der Waals surface area contributed by atoms with Crippen LogP contribution in [0.1, 0.15) is 51.9 Å². The smallest absolute Gasteiger partial charge is 0.115 e. The molecule has 0 amide bonds. The molecule has 0 aromatic heterocycles. The van der Waals surface area contributed by atoms with Crippen molar-refractivity contribution in [2.75, 3.05) is 6.61 Å². The first-order chi connectivity index (χ1) is 8.12. The van der Waals surface area contributed by atoms with Gasteiger partial charge in [-0.15, -0.1) is 0 Å². The van der Waals surface area contributed by atoms with Crippen molar-refractivity contribution >= 4 is 28.8 Å². The number of aliphatic imine (C=N–C) groups is 1. The molecule has 0 N–H and O–H groups in total. The van der Waals surface area contributed by atoms with Crippen molar-refractivity contribution in [2.24, 2.45) is 4.99 Å². The normalized spacial score (nSPS) is 30.9. The summed E-state index contributed by atoms with van der Waals surface area (Å²) >= 11 is 2.48. The number of allylic oxidation sites excluding steroid dienone is 1. The number of nitrogens with zero attached hydrogens (tertiary/aromatic N) is 1. The first-order valence-corrected chi connectivity index (χ1v) is 7.73. The summed E-state index contributed by atoms with van der Waals surface area (Å²) in [5, 5.41) is 0. The predicted molar refractivity (Wildman–Crippen MR) is 81.1 cm³/mol. The number of hydrogen-bond donors (Lipinski definition) is 0. The van der Waals surface area contributed by atoms with Gasteiger partial charge >= 0.3 is 0 Å². The van der Waals surface area contributed by atoms with E-state index in [1.165, 1.54) is 25.7 Å². The number of hydrogen-bond acceptors (Lipinski definition) is 2. The van der Waals surface area contributed by atoms with Crippen molar-refractivity contribution in [1.29, 1.82) is 0 Å². The highest BCUT2D eigenvalue weighted by molar-refractivity contribution is 14.1. The molecule has 1 unspecified atom stereocenters. The van der Waals surface area contributed by atoms with Crippen LogP contribution < -0.4 is 0 Å². The zero-order chi connectivity index (χ0) is 12.2. The van der Waals surface area contributed by atoms with Crippen LogP contribution in [0.3, 0.4) is 0 Å². The third-order valence-corrected chi connectivity index (χ3v) is 5.03. The largest absolute Gasteiger partial charge is 0.375 e. The molecule has 1 saturated carbocycles. The lowest BCUT2D eigenvalue weighted by Crippen LogP contribution is -2.26. The molecule has 3 heteroatoms. The third-order valence-electron chi connectivity index (χ3n) is 3.77. The van der Waals surface area contributed by atoms with Crippen LogP contribution in [-0.4, -0.2) is 22.0 Å². The van der Waals surface area contributed by atoms with Crippen LogP contribution in [0, 0.1) is 0 Å². The van der Waals surface area contributed by atoms with Crippen LogP contribution >= 0.6 is 22.6 Å². The van der Waals surface area contributed by atoms with Crippen LogP contribution in [0.15, 0.2) is 17.1 Å². The molecule has 0 radical (unpaired) electrons. The van der Waals surface area contributed by atoms with Crippen molar-refractivity contribution in [1.82, 2.24) is 0 Å². The Balaban J connectivity index is 1.66. The number of alkyl halides is 1. The van der Waals surface area contributed by atoms with Crippen molar-refractivity contribution in [3.05, 3.63) is 12.2 Å². The first kappa shape index (κ1) is 13.5. The molecule has 17 heavy (non-hydrogen) atoms. The Hall–Kier alpha value is 0.1000. The van der Waals surface area contributed by atoms with Gasteiger partial charge in [-0.3, -0.25) is 4.99 Å². The highest BCUT2D eigenvalue weighted by atomic mass is 127. The molecule has 96 valence electrons. The molecule has 1 atom stereocenters. The van der Waals surface area contributed by atoms with Crippen molar-refractivity contribution in [3.63, 3.8) is 0 Å². The Morgan fingerprint density at radius 3 is 2.76 bits per heavy atom. The molecule has 0 aromatic rings. The lowest BCUT2D eigenvalue weighted by Gasteiger charge is -2.27. The van der Waals surface area contributed by atoms with E-state index in [2.05, 4.69) is 40.6 Å². The molecule has 1 aliphatic carbocycles. The molecule has 1 heterocycles. The van der Waals surface area contributed by atoms with Gasteiger partial charge in [0, 0.05) is 19.2 Å².